The van der Waals surface area contributed by atoms with Crippen LogP contribution in [0.2, 0.25) is 0 Å². The van der Waals surface area contributed by atoms with Crippen LogP contribution in [0, 0.1) is 0 Å². The van der Waals surface area contributed by atoms with Crippen molar-refractivity contribution in [1.82, 2.24) is 9.80 Å². The van der Waals surface area contributed by atoms with Gasteiger partial charge in [-0.1, -0.05) is 0 Å². The van der Waals surface area contributed by atoms with Gasteiger partial charge >= 0.3 is 6.03 Å². The molecule has 0 spiro atoms. The molecule has 15 heavy (non-hydrogen) atoms. The molecule has 0 saturated carbocycles. The summed E-state index contributed by atoms with van der Waals surface area (Å²) in [5.41, 5.74) is 5.43. The molecule has 0 unspecified atom stereocenters. The van der Waals surface area contributed by atoms with Gasteiger partial charge in [0.1, 0.15) is 0 Å². The minimum atomic E-state index is 0.131. The largest absolute Gasteiger partial charge is 0.383 e. The van der Waals surface area contributed by atoms with Crippen molar-refractivity contribution in [3.63, 3.8) is 0 Å². The van der Waals surface area contributed by atoms with Crippen LogP contribution in [0.4, 0.5) is 4.79 Å². The van der Waals surface area contributed by atoms with E-state index < -0.39 is 0 Å². The summed E-state index contributed by atoms with van der Waals surface area (Å²) in [6.45, 7) is 4.43. The molecule has 5 nitrogen and oxygen atoms in total. The zero-order chi connectivity index (χ0) is 11.1. The van der Waals surface area contributed by atoms with Gasteiger partial charge in [0.2, 0.25) is 0 Å². The molecule has 1 rings (SSSR count). The summed E-state index contributed by atoms with van der Waals surface area (Å²) in [4.78, 5) is 15.6. The van der Waals surface area contributed by atoms with E-state index in [1.807, 2.05) is 9.80 Å². The third-order valence-electron chi connectivity index (χ3n) is 2.59. The SMILES string of the molecule is COCCN1CCCN(CCCN)C1=O. The van der Waals surface area contributed by atoms with Crippen LogP contribution in [0.15, 0.2) is 0 Å². The van der Waals surface area contributed by atoms with E-state index in [2.05, 4.69) is 0 Å². The van der Waals surface area contributed by atoms with Crippen molar-refractivity contribution in [3.05, 3.63) is 0 Å². The van der Waals surface area contributed by atoms with Gasteiger partial charge in [0.25, 0.3) is 0 Å². The van der Waals surface area contributed by atoms with Gasteiger partial charge < -0.3 is 20.3 Å². The number of carbonyl (C=O) groups excluding carboxylic acids is 1. The van der Waals surface area contributed by atoms with Crippen LogP contribution in [-0.2, 0) is 4.74 Å². The summed E-state index contributed by atoms with van der Waals surface area (Å²) >= 11 is 0. The highest BCUT2D eigenvalue weighted by Crippen LogP contribution is 2.09. The van der Waals surface area contributed by atoms with Gasteiger partial charge in [-0.2, -0.15) is 0 Å². The molecule has 0 aromatic carbocycles. The van der Waals surface area contributed by atoms with E-state index in [1.54, 1.807) is 7.11 Å². The minimum Gasteiger partial charge on any atom is -0.383 e. The molecule has 0 bridgehead atoms. The fourth-order valence-electron chi connectivity index (χ4n) is 1.74. The van der Waals surface area contributed by atoms with E-state index in [-0.39, 0.29) is 6.03 Å². The predicted molar refractivity (Wildman–Crippen MR) is 58.7 cm³/mol. The summed E-state index contributed by atoms with van der Waals surface area (Å²) < 4.78 is 4.98. The average molecular weight is 215 g/mol. The molecular weight excluding hydrogens is 194 g/mol. The Kier molecular flexibility index (Phi) is 5.42. The van der Waals surface area contributed by atoms with Crippen LogP contribution in [0.1, 0.15) is 12.8 Å². The number of nitrogens with zero attached hydrogens (tertiary/aromatic N) is 2. The lowest BCUT2D eigenvalue weighted by molar-refractivity contribution is 0.106. The molecule has 2 N–H and O–H groups in total. The molecule has 0 aliphatic carbocycles. The summed E-state index contributed by atoms with van der Waals surface area (Å²) in [7, 11) is 1.65. The van der Waals surface area contributed by atoms with Crippen molar-refractivity contribution in [3.8, 4) is 0 Å². The summed E-state index contributed by atoms with van der Waals surface area (Å²) in [6.07, 6.45) is 1.92. The Morgan fingerprint density at radius 2 is 2.00 bits per heavy atom. The van der Waals surface area contributed by atoms with E-state index in [4.69, 9.17) is 10.5 Å². The molecule has 0 aromatic rings. The molecular formula is C10H21N3O2. The second kappa shape index (κ2) is 6.63. The molecule has 1 saturated heterocycles. The highest BCUT2D eigenvalue weighted by Gasteiger charge is 2.24. The van der Waals surface area contributed by atoms with E-state index in [0.29, 0.717) is 19.7 Å². The van der Waals surface area contributed by atoms with E-state index >= 15 is 0 Å². The van der Waals surface area contributed by atoms with Crippen LogP contribution in [0.5, 0.6) is 0 Å². The highest BCUT2D eigenvalue weighted by molar-refractivity contribution is 5.75. The van der Waals surface area contributed by atoms with Gasteiger partial charge in [-0.25, -0.2) is 4.79 Å². The molecule has 0 aromatic heterocycles. The Bertz CT molecular complexity index is 181. The lowest BCUT2D eigenvalue weighted by Crippen LogP contribution is -2.50. The first-order valence-corrected chi connectivity index (χ1v) is 5.52. The van der Waals surface area contributed by atoms with Crippen molar-refractivity contribution in [2.24, 2.45) is 5.73 Å². The Morgan fingerprint density at radius 1 is 1.33 bits per heavy atom. The number of hydrogen-bond acceptors (Lipinski definition) is 3. The molecule has 1 heterocycles. The summed E-state index contributed by atoms with van der Waals surface area (Å²) in [6, 6.07) is 0.131. The van der Waals surface area contributed by atoms with Crippen molar-refractivity contribution >= 4 is 6.03 Å². The Labute approximate surface area is 91.2 Å². The number of hydrogen-bond donors (Lipinski definition) is 1. The smallest absolute Gasteiger partial charge is 0.320 e. The first kappa shape index (κ1) is 12.3. The Hall–Kier alpha value is -0.810. The van der Waals surface area contributed by atoms with E-state index in [0.717, 1.165) is 32.5 Å². The molecule has 1 fully saturated rings. The van der Waals surface area contributed by atoms with Crippen molar-refractivity contribution < 1.29 is 9.53 Å². The zero-order valence-corrected chi connectivity index (χ0v) is 9.45. The van der Waals surface area contributed by atoms with Crippen molar-refractivity contribution in [1.29, 1.82) is 0 Å². The second-order valence-corrected chi connectivity index (χ2v) is 3.75. The fraction of sp³-hybridized carbons (Fsp3) is 0.900. The predicted octanol–water partition coefficient (Wildman–Crippen LogP) is 0.109. The average Bonchev–Trinajstić information content (AvgIpc) is 2.26. The van der Waals surface area contributed by atoms with Crippen LogP contribution in [0.25, 0.3) is 0 Å². The first-order chi connectivity index (χ1) is 7.29. The standard InChI is InChI=1S/C10H21N3O2/c1-15-9-8-13-7-3-6-12(10(13)14)5-2-4-11/h2-9,11H2,1H3. The molecule has 1 aliphatic heterocycles. The third kappa shape index (κ3) is 3.68. The number of rotatable bonds is 6. The van der Waals surface area contributed by atoms with Crippen LogP contribution in [-0.4, -0.2) is 62.3 Å². The highest BCUT2D eigenvalue weighted by atomic mass is 16.5. The zero-order valence-electron chi connectivity index (χ0n) is 9.45. The molecule has 1 aliphatic rings. The molecule has 5 heteroatoms. The molecule has 0 radical (unpaired) electrons. The van der Waals surface area contributed by atoms with Crippen LogP contribution >= 0.6 is 0 Å². The van der Waals surface area contributed by atoms with Crippen molar-refractivity contribution in [2.75, 3.05) is 46.4 Å². The van der Waals surface area contributed by atoms with Crippen LogP contribution in [0.3, 0.4) is 0 Å². The van der Waals surface area contributed by atoms with Gasteiger partial charge in [-0.05, 0) is 19.4 Å². The van der Waals surface area contributed by atoms with E-state index in [9.17, 15) is 4.79 Å². The third-order valence-corrected chi connectivity index (χ3v) is 2.59. The molecule has 2 amide bonds. The van der Waals surface area contributed by atoms with Gasteiger partial charge in [0.05, 0.1) is 6.61 Å². The maximum atomic E-state index is 11.9. The Balaban J connectivity index is 2.36. The molecule has 88 valence electrons. The minimum absolute atomic E-state index is 0.131. The maximum absolute atomic E-state index is 11.9. The Morgan fingerprint density at radius 3 is 2.60 bits per heavy atom. The lowest BCUT2D eigenvalue weighted by atomic mass is 10.2. The van der Waals surface area contributed by atoms with Crippen LogP contribution < -0.4 is 5.73 Å². The first-order valence-electron chi connectivity index (χ1n) is 5.52. The topological polar surface area (TPSA) is 58.8 Å². The van der Waals surface area contributed by atoms with Gasteiger partial charge in [-0.15, -0.1) is 0 Å². The quantitative estimate of drug-likeness (QED) is 0.684. The number of ether oxygens (including phenoxy) is 1. The fourth-order valence-corrected chi connectivity index (χ4v) is 1.74. The monoisotopic (exact) mass is 215 g/mol. The van der Waals surface area contributed by atoms with Gasteiger partial charge in [-0.3, -0.25) is 0 Å². The van der Waals surface area contributed by atoms with Gasteiger partial charge in [0, 0.05) is 33.3 Å². The van der Waals surface area contributed by atoms with E-state index in [1.165, 1.54) is 0 Å². The lowest BCUT2D eigenvalue weighted by Gasteiger charge is -2.35. The maximum Gasteiger partial charge on any atom is 0.320 e. The summed E-state index contributed by atoms with van der Waals surface area (Å²) in [5, 5.41) is 0. The van der Waals surface area contributed by atoms with Crippen molar-refractivity contribution in [2.45, 2.75) is 12.8 Å². The number of nitrogens with two attached hydrogens (primary N) is 1. The second-order valence-electron chi connectivity index (χ2n) is 3.75. The number of carbonyl (C=O) groups is 1. The number of methoxy groups -OCH3 is 1. The van der Waals surface area contributed by atoms with Gasteiger partial charge in [0.15, 0.2) is 0 Å². The molecule has 0 atom stereocenters. The normalized spacial score (nSPS) is 17.3. The summed E-state index contributed by atoms with van der Waals surface area (Å²) in [5.74, 6) is 0. The number of urea groups is 1. The number of amides is 2.